The number of hydrogen-bond acceptors (Lipinski definition) is 4. The second-order valence-corrected chi connectivity index (χ2v) is 5.57. The van der Waals surface area contributed by atoms with Crippen LogP contribution in [0.4, 0.5) is 0 Å². The average Bonchev–Trinajstić information content (AvgIpc) is 1.98. The second-order valence-electron chi connectivity index (χ2n) is 2.89. The van der Waals surface area contributed by atoms with Crippen LogP contribution in [0.1, 0.15) is 13.8 Å². The molecule has 0 spiro atoms. The minimum absolute atomic E-state index is 0.0434. The maximum atomic E-state index is 11.2. The molecule has 0 unspecified atom stereocenters. The molecule has 0 aromatic heterocycles. The SMILES string of the molecule is CC(C)S(=O)(=O)CCNCCO. The Morgan fingerprint density at radius 3 is 2.33 bits per heavy atom. The van der Waals surface area contributed by atoms with E-state index < -0.39 is 9.84 Å². The van der Waals surface area contributed by atoms with Gasteiger partial charge in [-0.1, -0.05) is 0 Å². The first-order chi connectivity index (χ1) is 5.50. The zero-order valence-corrected chi connectivity index (χ0v) is 8.39. The van der Waals surface area contributed by atoms with Gasteiger partial charge in [0.15, 0.2) is 9.84 Å². The van der Waals surface area contributed by atoms with E-state index in [1.54, 1.807) is 13.8 Å². The third-order valence-electron chi connectivity index (χ3n) is 1.57. The molecule has 0 radical (unpaired) electrons. The van der Waals surface area contributed by atoms with Gasteiger partial charge in [0.05, 0.1) is 17.6 Å². The predicted octanol–water partition coefficient (Wildman–Crippen LogP) is -0.608. The third-order valence-corrected chi connectivity index (χ3v) is 3.78. The number of hydrogen-bond donors (Lipinski definition) is 2. The molecule has 2 N–H and O–H groups in total. The van der Waals surface area contributed by atoms with Crippen molar-refractivity contribution >= 4 is 9.84 Å². The topological polar surface area (TPSA) is 66.4 Å². The van der Waals surface area contributed by atoms with Crippen LogP contribution in [0.15, 0.2) is 0 Å². The van der Waals surface area contributed by atoms with Gasteiger partial charge in [-0.2, -0.15) is 0 Å². The van der Waals surface area contributed by atoms with Crippen LogP contribution >= 0.6 is 0 Å². The molecule has 0 bridgehead atoms. The highest BCUT2D eigenvalue weighted by molar-refractivity contribution is 7.92. The van der Waals surface area contributed by atoms with Crippen LogP contribution in [0.25, 0.3) is 0 Å². The van der Waals surface area contributed by atoms with Crippen LogP contribution in [-0.4, -0.2) is 44.2 Å². The van der Waals surface area contributed by atoms with Gasteiger partial charge in [-0.25, -0.2) is 8.42 Å². The molecule has 0 aromatic carbocycles. The van der Waals surface area contributed by atoms with Gasteiger partial charge in [0.2, 0.25) is 0 Å². The van der Waals surface area contributed by atoms with Gasteiger partial charge in [0, 0.05) is 13.1 Å². The van der Waals surface area contributed by atoms with Crippen molar-refractivity contribution in [2.75, 3.05) is 25.4 Å². The van der Waals surface area contributed by atoms with Crippen molar-refractivity contribution in [1.29, 1.82) is 0 Å². The van der Waals surface area contributed by atoms with Crippen molar-refractivity contribution in [3.8, 4) is 0 Å². The van der Waals surface area contributed by atoms with Crippen LogP contribution in [0, 0.1) is 0 Å². The number of aliphatic hydroxyl groups excluding tert-OH is 1. The molecule has 0 saturated heterocycles. The lowest BCUT2D eigenvalue weighted by Gasteiger charge is -2.07. The van der Waals surface area contributed by atoms with Crippen molar-refractivity contribution in [3.63, 3.8) is 0 Å². The summed E-state index contributed by atoms with van der Waals surface area (Å²) in [5, 5.41) is 10.9. The summed E-state index contributed by atoms with van der Waals surface area (Å²) in [4.78, 5) is 0. The zero-order valence-electron chi connectivity index (χ0n) is 7.58. The fourth-order valence-electron chi connectivity index (χ4n) is 0.654. The van der Waals surface area contributed by atoms with E-state index in [1.807, 2.05) is 0 Å². The Morgan fingerprint density at radius 2 is 1.92 bits per heavy atom. The van der Waals surface area contributed by atoms with E-state index in [-0.39, 0.29) is 17.6 Å². The maximum absolute atomic E-state index is 11.2. The molecule has 0 fully saturated rings. The van der Waals surface area contributed by atoms with Gasteiger partial charge in [-0.3, -0.25) is 0 Å². The van der Waals surface area contributed by atoms with Crippen molar-refractivity contribution in [2.45, 2.75) is 19.1 Å². The Morgan fingerprint density at radius 1 is 1.33 bits per heavy atom. The lowest BCUT2D eigenvalue weighted by Crippen LogP contribution is -2.28. The number of nitrogens with one attached hydrogen (secondary N) is 1. The second kappa shape index (κ2) is 5.50. The lowest BCUT2D eigenvalue weighted by atomic mass is 10.6. The molecule has 0 aliphatic rings. The molecular formula is C7H17NO3S. The van der Waals surface area contributed by atoms with Crippen molar-refractivity contribution in [3.05, 3.63) is 0 Å². The third kappa shape index (κ3) is 4.69. The molecule has 0 aromatic rings. The summed E-state index contributed by atoms with van der Waals surface area (Å²) in [5.41, 5.74) is 0. The van der Waals surface area contributed by atoms with Crippen LogP contribution in [-0.2, 0) is 9.84 Å². The zero-order chi connectivity index (χ0) is 9.61. The lowest BCUT2D eigenvalue weighted by molar-refractivity contribution is 0.293. The summed E-state index contributed by atoms with van der Waals surface area (Å²) in [6.45, 7) is 4.25. The van der Waals surface area contributed by atoms with E-state index >= 15 is 0 Å². The van der Waals surface area contributed by atoms with E-state index in [1.165, 1.54) is 0 Å². The van der Waals surface area contributed by atoms with Gasteiger partial charge in [-0.05, 0) is 13.8 Å². The van der Waals surface area contributed by atoms with Crippen LogP contribution in [0.3, 0.4) is 0 Å². The highest BCUT2D eigenvalue weighted by Gasteiger charge is 2.14. The summed E-state index contributed by atoms with van der Waals surface area (Å²) in [6, 6.07) is 0. The number of rotatable bonds is 6. The fourth-order valence-corrected chi connectivity index (χ4v) is 1.55. The Labute approximate surface area is 73.9 Å². The van der Waals surface area contributed by atoms with Crippen molar-refractivity contribution < 1.29 is 13.5 Å². The molecule has 0 aliphatic heterocycles. The molecule has 0 atom stereocenters. The fraction of sp³-hybridized carbons (Fsp3) is 1.00. The molecule has 5 heteroatoms. The molecular weight excluding hydrogens is 178 g/mol. The van der Waals surface area contributed by atoms with E-state index in [9.17, 15) is 8.42 Å². The summed E-state index contributed by atoms with van der Waals surface area (Å²) in [7, 11) is -2.92. The Hall–Kier alpha value is -0.130. The molecule has 12 heavy (non-hydrogen) atoms. The van der Waals surface area contributed by atoms with E-state index in [0.717, 1.165) is 0 Å². The van der Waals surface area contributed by atoms with Crippen LogP contribution in [0.2, 0.25) is 0 Å². The molecule has 4 nitrogen and oxygen atoms in total. The smallest absolute Gasteiger partial charge is 0.153 e. The van der Waals surface area contributed by atoms with Crippen molar-refractivity contribution in [2.24, 2.45) is 0 Å². The van der Waals surface area contributed by atoms with Gasteiger partial charge < -0.3 is 10.4 Å². The summed E-state index contributed by atoms with van der Waals surface area (Å²) in [5.74, 6) is 0.144. The number of aliphatic hydroxyl groups is 1. The van der Waals surface area contributed by atoms with Crippen LogP contribution in [0.5, 0.6) is 0 Å². The molecule has 0 amide bonds. The van der Waals surface area contributed by atoms with E-state index in [4.69, 9.17) is 5.11 Å². The first-order valence-electron chi connectivity index (χ1n) is 4.04. The molecule has 0 heterocycles. The van der Waals surface area contributed by atoms with E-state index in [2.05, 4.69) is 5.32 Å². The quantitative estimate of drug-likeness (QED) is 0.555. The predicted molar refractivity (Wildman–Crippen MR) is 48.9 cm³/mol. The van der Waals surface area contributed by atoms with Gasteiger partial charge in [0.1, 0.15) is 0 Å². The Kier molecular flexibility index (Phi) is 5.44. The molecule has 0 rings (SSSR count). The molecule has 74 valence electrons. The summed E-state index contributed by atoms with van der Waals surface area (Å²) in [6.07, 6.45) is 0. The first kappa shape index (κ1) is 11.9. The molecule has 0 saturated carbocycles. The van der Waals surface area contributed by atoms with Gasteiger partial charge >= 0.3 is 0 Å². The first-order valence-corrected chi connectivity index (χ1v) is 5.75. The summed E-state index contributed by atoms with van der Waals surface area (Å²) < 4.78 is 22.4. The normalized spacial score (nSPS) is 12.3. The largest absolute Gasteiger partial charge is 0.395 e. The summed E-state index contributed by atoms with van der Waals surface area (Å²) >= 11 is 0. The number of sulfone groups is 1. The Balaban J connectivity index is 3.63. The molecule has 0 aliphatic carbocycles. The Bertz CT molecular complexity index is 199. The van der Waals surface area contributed by atoms with E-state index in [0.29, 0.717) is 13.1 Å². The minimum Gasteiger partial charge on any atom is -0.395 e. The average molecular weight is 195 g/mol. The monoisotopic (exact) mass is 195 g/mol. The standard InChI is InChI=1S/C7H17NO3S/c1-7(2)12(10,11)6-4-8-3-5-9/h7-9H,3-6H2,1-2H3. The maximum Gasteiger partial charge on any atom is 0.153 e. The minimum atomic E-state index is -2.92. The highest BCUT2D eigenvalue weighted by atomic mass is 32.2. The highest BCUT2D eigenvalue weighted by Crippen LogP contribution is 1.98. The van der Waals surface area contributed by atoms with Crippen molar-refractivity contribution in [1.82, 2.24) is 5.32 Å². The van der Waals surface area contributed by atoms with Gasteiger partial charge in [-0.15, -0.1) is 0 Å². The van der Waals surface area contributed by atoms with Gasteiger partial charge in [0.25, 0.3) is 0 Å². The van der Waals surface area contributed by atoms with Crippen LogP contribution < -0.4 is 5.32 Å².